The predicted molar refractivity (Wildman–Crippen MR) is 154 cm³/mol. The monoisotopic (exact) mass is 697 g/mol. The van der Waals surface area contributed by atoms with Crippen molar-refractivity contribution in [1.82, 2.24) is 14.7 Å². The SMILES string of the molecule is CC1CN(CCN2CCN(C(=O)c3cc(C(F)(F)F)cc(C(F)(F)F)c3)[C@H](Cc3ccc(C(F)(F)F)cc3)C2)CC(C)O1.Cl.Cl. The van der Waals surface area contributed by atoms with E-state index in [-0.39, 0.29) is 62.6 Å². The van der Waals surface area contributed by atoms with Crippen molar-refractivity contribution in [3.8, 4) is 0 Å². The molecule has 0 bridgehead atoms. The van der Waals surface area contributed by atoms with Gasteiger partial charge in [-0.15, -0.1) is 24.8 Å². The molecule has 2 saturated heterocycles. The normalized spacial score (nSPS) is 22.0. The van der Waals surface area contributed by atoms with Gasteiger partial charge in [0, 0.05) is 57.4 Å². The number of hydrogen-bond acceptors (Lipinski definition) is 4. The second kappa shape index (κ2) is 15.1. The number of morpholine rings is 1. The highest BCUT2D eigenvalue weighted by Crippen LogP contribution is 2.37. The molecule has 3 atom stereocenters. The first kappa shape index (κ1) is 38.9. The van der Waals surface area contributed by atoms with E-state index in [1.54, 1.807) is 0 Å². The molecule has 2 unspecified atom stereocenters. The van der Waals surface area contributed by atoms with Crippen LogP contribution in [0, 0.1) is 0 Å². The number of carbonyl (C=O) groups excluding carboxylic acids is 1. The number of ether oxygens (including phenoxy) is 1. The first-order chi connectivity index (χ1) is 19.9. The van der Waals surface area contributed by atoms with Crippen LogP contribution in [0.3, 0.4) is 0 Å². The molecule has 2 fully saturated rings. The van der Waals surface area contributed by atoms with Crippen LogP contribution in [0.1, 0.15) is 46.5 Å². The molecule has 2 aliphatic rings. The third-order valence-electron chi connectivity index (χ3n) is 7.64. The highest BCUT2D eigenvalue weighted by molar-refractivity contribution is 5.95. The van der Waals surface area contributed by atoms with Crippen LogP contribution in [-0.4, -0.2) is 84.7 Å². The number of piperazine rings is 1. The number of rotatable bonds is 6. The van der Waals surface area contributed by atoms with E-state index in [9.17, 15) is 44.3 Å². The fourth-order valence-corrected chi connectivity index (χ4v) is 5.66. The van der Waals surface area contributed by atoms with E-state index >= 15 is 0 Å². The van der Waals surface area contributed by atoms with Gasteiger partial charge in [0.05, 0.1) is 28.9 Å². The van der Waals surface area contributed by atoms with Crippen molar-refractivity contribution < 1.29 is 49.0 Å². The lowest BCUT2D eigenvalue weighted by Gasteiger charge is -2.43. The van der Waals surface area contributed by atoms with Gasteiger partial charge < -0.3 is 9.64 Å². The lowest BCUT2D eigenvalue weighted by molar-refractivity contribution is -0.143. The highest BCUT2D eigenvalue weighted by Gasteiger charge is 2.39. The van der Waals surface area contributed by atoms with Gasteiger partial charge >= 0.3 is 18.5 Å². The molecule has 2 heterocycles. The Morgan fingerprint density at radius 3 is 1.69 bits per heavy atom. The van der Waals surface area contributed by atoms with E-state index in [0.717, 1.165) is 25.2 Å². The van der Waals surface area contributed by atoms with Crippen LogP contribution in [0.15, 0.2) is 42.5 Å². The van der Waals surface area contributed by atoms with E-state index in [2.05, 4.69) is 4.90 Å². The van der Waals surface area contributed by atoms with Crippen molar-refractivity contribution in [3.05, 3.63) is 70.3 Å². The molecule has 0 aromatic heterocycles. The fraction of sp³-hybridized carbons (Fsp3) is 0.552. The molecule has 45 heavy (non-hydrogen) atoms. The molecule has 0 spiro atoms. The Morgan fingerprint density at radius 1 is 0.711 bits per heavy atom. The molecule has 5 nitrogen and oxygen atoms in total. The Labute approximate surface area is 267 Å². The zero-order valence-corrected chi connectivity index (χ0v) is 25.9. The minimum Gasteiger partial charge on any atom is -0.373 e. The standard InChI is InChI=1S/C29H32F9N3O2.2ClH/c1-18-15-40(16-19(2)43-18)8-7-39-9-10-41(25(17-39)11-20-3-5-22(6-4-20)27(30,31)32)26(42)21-12-23(28(33,34)35)14-24(13-21)29(36,37)38;;/h3-6,12-14,18-19,25H,7-11,15-17H2,1-2H3;2*1H/t18?,19?,25-;;/m1../s1. The van der Waals surface area contributed by atoms with Crippen LogP contribution in [0.5, 0.6) is 0 Å². The van der Waals surface area contributed by atoms with Crippen LogP contribution in [0.4, 0.5) is 39.5 Å². The smallest absolute Gasteiger partial charge is 0.373 e. The van der Waals surface area contributed by atoms with Crippen molar-refractivity contribution in [2.75, 3.05) is 45.8 Å². The average Bonchev–Trinajstić information content (AvgIpc) is 2.90. The molecule has 254 valence electrons. The van der Waals surface area contributed by atoms with E-state index in [4.69, 9.17) is 4.74 Å². The van der Waals surface area contributed by atoms with Gasteiger partial charge in [-0.25, -0.2) is 0 Å². The van der Waals surface area contributed by atoms with Gasteiger partial charge in [-0.05, 0) is 56.2 Å². The predicted octanol–water partition coefficient (Wildman–Crippen LogP) is 7.06. The van der Waals surface area contributed by atoms with Gasteiger partial charge in [0.15, 0.2) is 0 Å². The summed E-state index contributed by atoms with van der Waals surface area (Å²) in [6.07, 6.45) is -14.7. The number of amides is 1. The van der Waals surface area contributed by atoms with Gasteiger partial charge in [-0.1, -0.05) is 12.1 Å². The zero-order chi connectivity index (χ0) is 31.7. The molecule has 4 rings (SSSR count). The number of halogens is 11. The molecule has 0 aliphatic carbocycles. The maximum Gasteiger partial charge on any atom is 0.416 e. The fourth-order valence-electron chi connectivity index (χ4n) is 5.66. The van der Waals surface area contributed by atoms with Crippen molar-refractivity contribution in [1.29, 1.82) is 0 Å². The highest BCUT2D eigenvalue weighted by atomic mass is 35.5. The van der Waals surface area contributed by atoms with Crippen molar-refractivity contribution >= 4 is 30.7 Å². The topological polar surface area (TPSA) is 36.0 Å². The van der Waals surface area contributed by atoms with Gasteiger partial charge in [-0.3, -0.25) is 14.6 Å². The minimum absolute atomic E-state index is 0. The summed E-state index contributed by atoms with van der Waals surface area (Å²) in [5.74, 6) is -1.01. The van der Waals surface area contributed by atoms with Crippen molar-refractivity contribution in [2.24, 2.45) is 0 Å². The Hall–Kier alpha value is -2.26. The maximum absolute atomic E-state index is 13.5. The molecule has 2 aliphatic heterocycles. The van der Waals surface area contributed by atoms with Crippen LogP contribution >= 0.6 is 24.8 Å². The Balaban J connectivity index is 0.00000353. The van der Waals surface area contributed by atoms with E-state index in [1.165, 1.54) is 17.0 Å². The van der Waals surface area contributed by atoms with Crippen LogP contribution in [-0.2, 0) is 29.7 Å². The van der Waals surface area contributed by atoms with Gasteiger partial charge in [0.2, 0.25) is 0 Å². The number of nitrogens with zero attached hydrogens (tertiary/aromatic N) is 3. The van der Waals surface area contributed by atoms with Crippen LogP contribution in [0.25, 0.3) is 0 Å². The first-order valence-corrected chi connectivity index (χ1v) is 13.8. The van der Waals surface area contributed by atoms with E-state index in [1.807, 2.05) is 18.7 Å². The number of benzene rings is 2. The summed E-state index contributed by atoms with van der Waals surface area (Å²) < 4.78 is 126. The molecule has 16 heteroatoms. The molecule has 2 aromatic rings. The molecule has 0 saturated carbocycles. The zero-order valence-electron chi connectivity index (χ0n) is 24.3. The third-order valence-corrected chi connectivity index (χ3v) is 7.64. The maximum atomic E-state index is 13.5. The molecule has 2 aromatic carbocycles. The number of hydrogen-bond donors (Lipinski definition) is 0. The summed E-state index contributed by atoms with van der Waals surface area (Å²) in [7, 11) is 0. The summed E-state index contributed by atoms with van der Waals surface area (Å²) in [6, 6.07) is 4.35. The Bertz CT molecular complexity index is 1230. The van der Waals surface area contributed by atoms with Crippen molar-refractivity contribution in [2.45, 2.75) is 57.0 Å². The third kappa shape index (κ3) is 10.4. The average molecular weight is 698 g/mol. The van der Waals surface area contributed by atoms with Gasteiger partial charge in [-0.2, -0.15) is 39.5 Å². The van der Waals surface area contributed by atoms with Gasteiger partial charge in [0.1, 0.15) is 0 Å². The molecular formula is C29H34Cl2F9N3O2. The first-order valence-electron chi connectivity index (χ1n) is 13.8. The summed E-state index contributed by atoms with van der Waals surface area (Å²) in [4.78, 5) is 19.0. The second-order valence-corrected chi connectivity index (χ2v) is 11.2. The number of alkyl halides is 9. The second-order valence-electron chi connectivity index (χ2n) is 11.2. The molecule has 0 N–H and O–H groups in total. The van der Waals surface area contributed by atoms with Crippen LogP contribution < -0.4 is 0 Å². The van der Waals surface area contributed by atoms with Crippen LogP contribution in [0.2, 0.25) is 0 Å². The lowest BCUT2D eigenvalue weighted by atomic mass is 9.98. The minimum atomic E-state index is -5.12. The molecular weight excluding hydrogens is 664 g/mol. The molecule has 0 radical (unpaired) electrons. The Kier molecular flexibility index (Phi) is 13.1. The van der Waals surface area contributed by atoms with Gasteiger partial charge in [0.25, 0.3) is 5.91 Å². The van der Waals surface area contributed by atoms with E-state index in [0.29, 0.717) is 37.3 Å². The molecule has 1 amide bonds. The summed E-state index contributed by atoms with van der Waals surface area (Å²) in [5.41, 5.74) is -4.39. The van der Waals surface area contributed by atoms with E-state index < -0.39 is 52.7 Å². The lowest BCUT2D eigenvalue weighted by Crippen LogP contribution is -2.57. The quantitative estimate of drug-likeness (QED) is 0.303. The summed E-state index contributed by atoms with van der Waals surface area (Å²) >= 11 is 0. The summed E-state index contributed by atoms with van der Waals surface area (Å²) in [6.45, 7) is 7.16. The Morgan fingerprint density at radius 2 is 1.20 bits per heavy atom. The largest absolute Gasteiger partial charge is 0.416 e. The van der Waals surface area contributed by atoms with Crippen molar-refractivity contribution in [3.63, 3.8) is 0 Å². The summed E-state index contributed by atoms with van der Waals surface area (Å²) in [5, 5.41) is 0. The number of carbonyl (C=O) groups is 1.